The van der Waals surface area contributed by atoms with Crippen LogP contribution in [0.25, 0.3) is 0 Å². The number of nitrogens with one attached hydrogen (secondary N) is 1. The first-order valence-electron chi connectivity index (χ1n) is 7.55. The molecule has 2 aromatic rings. The Hall–Kier alpha value is -2.40. The Kier molecular flexibility index (Phi) is 7.07. The molecule has 0 bridgehead atoms. The molecule has 0 aliphatic rings. The number of benzene rings is 2. The molecule has 0 radical (unpaired) electrons. The zero-order valence-electron chi connectivity index (χ0n) is 13.6. The van der Waals surface area contributed by atoms with Crippen LogP contribution in [0.1, 0.15) is 0 Å². The van der Waals surface area contributed by atoms with Crippen LogP contribution in [-0.2, 0) is 4.74 Å². The molecule has 124 valence electrons. The van der Waals surface area contributed by atoms with Gasteiger partial charge in [-0.05, 0) is 24.3 Å². The van der Waals surface area contributed by atoms with Gasteiger partial charge in [0.25, 0.3) is 0 Å². The SMILES string of the molecule is COCCOc1cccc(NCCOc2ccccc2OC)c1. The average molecular weight is 317 g/mol. The Labute approximate surface area is 137 Å². The highest BCUT2D eigenvalue weighted by atomic mass is 16.5. The lowest BCUT2D eigenvalue weighted by atomic mass is 10.3. The molecule has 0 amide bonds. The van der Waals surface area contributed by atoms with Crippen LogP contribution < -0.4 is 19.5 Å². The predicted octanol–water partition coefficient (Wildman–Crippen LogP) is 3.21. The summed E-state index contributed by atoms with van der Waals surface area (Å²) in [6.07, 6.45) is 0. The summed E-state index contributed by atoms with van der Waals surface area (Å²) in [6.45, 7) is 2.33. The summed E-state index contributed by atoms with van der Waals surface area (Å²) in [5.41, 5.74) is 0.989. The van der Waals surface area contributed by atoms with Gasteiger partial charge in [0.1, 0.15) is 19.0 Å². The smallest absolute Gasteiger partial charge is 0.161 e. The van der Waals surface area contributed by atoms with Crippen LogP contribution in [0.3, 0.4) is 0 Å². The first kappa shape index (κ1) is 17.0. The maximum Gasteiger partial charge on any atom is 0.161 e. The zero-order chi connectivity index (χ0) is 16.3. The normalized spacial score (nSPS) is 10.2. The van der Waals surface area contributed by atoms with E-state index < -0.39 is 0 Å². The second-order valence-electron chi connectivity index (χ2n) is 4.80. The third kappa shape index (κ3) is 5.71. The monoisotopic (exact) mass is 317 g/mol. The summed E-state index contributed by atoms with van der Waals surface area (Å²) in [4.78, 5) is 0. The van der Waals surface area contributed by atoms with Gasteiger partial charge < -0.3 is 24.3 Å². The summed E-state index contributed by atoms with van der Waals surface area (Å²) >= 11 is 0. The summed E-state index contributed by atoms with van der Waals surface area (Å²) in [5, 5.41) is 3.31. The summed E-state index contributed by atoms with van der Waals surface area (Å²) in [6, 6.07) is 15.4. The number of ether oxygens (including phenoxy) is 4. The van der Waals surface area contributed by atoms with E-state index >= 15 is 0 Å². The number of hydrogen-bond donors (Lipinski definition) is 1. The van der Waals surface area contributed by atoms with Gasteiger partial charge >= 0.3 is 0 Å². The largest absolute Gasteiger partial charge is 0.493 e. The summed E-state index contributed by atoms with van der Waals surface area (Å²) in [5.74, 6) is 2.30. The maximum atomic E-state index is 5.72. The molecule has 5 heteroatoms. The molecular weight excluding hydrogens is 294 g/mol. The highest BCUT2D eigenvalue weighted by molar-refractivity contribution is 5.48. The molecule has 0 heterocycles. The molecule has 2 aromatic carbocycles. The van der Waals surface area contributed by atoms with Crippen LogP contribution in [0.5, 0.6) is 17.2 Å². The van der Waals surface area contributed by atoms with Crippen molar-refractivity contribution < 1.29 is 18.9 Å². The van der Waals surface area contributed by atoms with Gasteiger partial charge in [-0.25, -0.2) is 0 Å². The molecule has 0 fully saturated rings. The Balaban J connectivity index is 1.76. The predicted molar refractivity (Wildman–Crippen MR) is 90.8 cm³/mol. The van der Waals surface area contributed by atoms with Gasteiger partial charge in [-0.15, -0.1) is 0 Å². The van der Waals surface area contributed by atoms with Crippen LogP contribution in [0.2, 0.25) is 0 Å². The second kappa shape index (κ2) is 9.58. The van der Waals surface area contributed by atoms with Crippen molar-refractivity contribution >= 4 is 5.69 Å². The maximum absolute atomic E-state index is 5.72. The number of methoxy groups -OCH3 is 2. The Bertz CT molecular complexity index is 589. The topological polar surface area (TPSA) is 49.0 Å². The van der Waals surface area contributed by atoms with E-state index in [1.165, 1.54) is 0 Å². The van der Waals surface area contributed by atoms with Gasteiger partial charge in [0.05, 0.1) is 13.7 Å². The molecule has 0 spiro atoms. The Morgan fingerprint density at radius 2 is 1.65 bits per heavy atom. The Morgan fingerprint density at radius 1 is 0.826 bits per heavy atom. The van der Waals surface area contributed by atoms with Crippen molar-refractivity contribution in [2.45, 2.75) is 0 Å². The van der Waals surface area contributed by atoms with E-state index in [1.54, 1.807) is 14.2 Å². The van der Waals surface area contributed by atoms with Crippen molar-refractivity contribution in [2.75, 3.05) is 45.9 Å². The minimum atomic E-state index is 0.537. The fraction of sp³-hybridized carbons (Fsp3) is 0.333. The highest BCUT2D eigenvalue weighted by Gasteiger charge is 2.02. The van der Waals surface area contributed by atoms with Gasteiger partial charge in [0, 0.05) is 25.4 Å². The molecule has 23 heavy (non-hydrogen) atoms. The molecule has 0 atom stereocenters. The fourth-order valence-corrected chi connectivity index (χ4v) is 2.03. The van der Waals surface area contributed by atoms with E-state index in [0.29, 0.717) is 26.4 Å². The molecule has 5 nitrogen and oxygen atoms in total. The number of rotatable bonds is 10. The summed E-state index contributed by atoms with van der Waals surface area (Å²) in [7, 11) is 3.29. The van der Waals surface area contributed by atoms with Crippen molar-refractivity contribution in [2.24, 2.45) is 0 Å². The second-order valence-corrected chi connectivity index (χ2v) is 4.80. The van der Waals surface area contributed by atoms with E-state index in [1.807, 2.05) is 48.5 Å². The first-order chi connectivity index (χ1) is 11.3. The van der Waals surface area contributed by atoms with E-state index in [0.717, 1.165) is 22.9 Å². The van der Waals surface area contributed by atoms with Gasteiger partial charge in [-0.2, -0.15) is 0 Å². The van der Waals surface area contributed by atoms with Crippen molar-refractivity contribution in [3.63, 3.8) is 0 Å². The van der Waals surface area contributed by atoms with Crippen LogP contribution in [0.15, 0.2) is 48.5 Å². The Morgan fingerprint density at radius 3 is 2.43 bits per heavy atom. The van der Waals surface area contributed by atoms with E-state index in [-0.39, 0.29) is 0 Å². The quantitative estimate of drug-likeness (QED) is 0.682. The van der Waals surface area contributed by atoms with E-state index in [2.05, 4.69) is 5.32 Å². The van der Waals surface area contributed by atoms with Crippen LogP contribution in [0.4, 0.5) is 5.69 Å². The number of para-hydroxylation sites is 2. The van der Waals surface area contributed by atoms with Gasteiger partial charge in [0.15, 0.2) is 11.5 Å². The molecule has 0 saturated carbocycles. The third-order valence-corrected chi connectivity index (χ3v) is 3.15. The molecule has 0 aliphatic carbocycles. The lowest BCUT2D eigenvalue weighted by Gasteiger charge is -2.12. The molecule has 2 rings (SSSR count). The van der Waals surface area contributed by atoms with E-state index in [4.69, 9.17) is 18.9 Å². The van der Waals surface area contributed by atoms with Crippen LogP contribution >= 0.6 is 0 Å². The third-order valence-electron chi connectivity index (χ3n) is 3.15. The molecule has 0 unspecified atom stereocenters. The molecule has 0 aromatic heterocycles. The minimum Gasteiger partial charge on any atom is -0.493 e. The van der Waals surface area contributed by atoms with Crippen LogP contribution in [0, 0.1) is 0 Å². The van der Waals surface area contributed by atoms with Gasteiger partial charge in [0.2, 0.25) is 0 Å². The molecule has 0 saturated heterocycles. The standard InChI is InChI=1S/C18H23NO4/c1-20-12-13-22-16-7-5-6-15(14-16)19-10-11-23-18-9-4-3-8-17(18)21-2/h3-9,14,19H,10-13H2,1-2H3. The van der Waals surface area contributed by atoms with Gasteiger partial charge in [-0.3, -0.25) is 0 Å². The molecular formula is C18H23NO4. The molecule has 1 N–H and O–H groups in total. The lowest BCUT2D eigenvalue weighted by molar-refractivity contribution is 0.146. The fourth-order valence-electron chi connectivity index (χ4n) is 2.03. The van der Waals surface area contributed by atoms with Crippen molar-refractivity contribution in [1.29, 1.82) is 0 Å². The zero-order valence-corrected chi connectivity index (χ0v) is 13.6. The van der Waals surface area contributed by atoms with Crippen molar-refractivity contribution in [3.05, 3.63) is 48.5 Å². The van der Waals surface area contributed by atoms with Crippen molar-refractivity contribution in [1.82, 2.24) is 0 Å². The van der Waals surface area contributed by atoms with E-state index in [9.17, 15) is 0 Å². The summed E-state index contributed by atoms with van der Waals surface area (Å²) < 4.78 is 21.5. The number of hydrogen-bond acceptors (Lipinski definition) is 5. The molecule has 0 aliphatic heterocycles. The van der Waals surface area contributed by atoms with Gasteiger partial charge in [-0.1, -0.05) is 18.2 Å². The number of anilines is 1. The average Bonchev–Trinajstić information content (AvgIpc) is 2.60. The highest BCUT2D eigenvalue weighted by Crippen LogP contribution is 2.25. The lowest BCUT2D eigenvalue weighted by Crippen LogP contribution is -2.12. The van der Waals surface area contributed by atoms with Crippen LogP contribution in [-0.4, -0.2) is 40.6 Å². The van der Waals surface area contributed by atoms with Crippen molar-refractivity contribution in [3.8, 4) is 17.2 Å². The minimum absolute atomic E-state index is 0.537. The first-order valence-corrected chi connectivity index (χ1v) is 7.55.